The number of amides is 1. The van der Waals surface area contributed by atoms with Gasteiger partial charge in [0.15, 0.2) is 0 Å². The third-order valence-electron chi connectivity index (χ3n) is 1.90. The zero-order valence-electron chi connectivity index (χ0n) is 8.17. The van der Waals surface area contributed by atoms with Crippen molar-refractivity contribution in [2.45, 2.75) is 26.7 Å². The maximum absolute atomic E-state index is 10.6. The van der Waals surface area contributed by atoms with Gasteiger partial charge >= 0.3 is 6.09 Å². The van der Waals surface area contributed by atoms with E-state index < -0.39 is 6.09 Å². The van der Waals surface area contributed by atoms with Gasteiger partial charge in [-0.15, -0.1) is 0 Å². The van der Waals surface area contributed by atoms with Gasteiger partial charge in [-0.1, -0.05) is 20.3 Å². The molecule has 0 saturated carbocycles. The first-order chi connectivity index (χ1) is 6.08. The summed E-state index contributed by atoms with van der Waals surface area (Å²) in [5, 5.41) is 9.06. The molecule has 0 aromatic rings. The molecule has 0 radical (unpaired) electrons. The highest BCUT2D eigenvalue weighted by atomic mass is 16.6. The Hall–Kier alpha value is -0.810. The van der Waals surface area contributed by atoms with Gasteiger partial charge in [0.1, 0.15) is 6.61 Å². The lowest BCUT2D eigenvalue weighted by Crippen LogP contribution is -2.35. The second-order valence-electron chi connectivity index (χ2n) is 3.44. The summed E-state index contributed by atoms with van der Waals surface area (Å²) in [6.45, 7) is 4.05. The summed E-state index contributed by atoms with van der Waals surface area (Å²) in [7, 11) is 0. The van der Waals surface area contributed by atoms with Crippen LogP contribution in [0, 0.1) is 5.41 Å². The number of hydrogen-bond acceptors (Lipinski definition) is 4. The summed E-state index contributed by atoms with van der Waals surface area (Å²) in [5.74, 6) is 4.83. The molecule has 13 heavy (non-hydrogen) atoms. The number of nitrogens with one attached hydrogen (secondary N) is 1. The molecule has 5 nitrogen and oxygen atoms in total. The number of rotatable bonds is 5. The van der Waals surface area contributed by atoms with Crippen molar-refractivity contribution in [3.8, 4) is 0 Å². The third-order valence-corrected chi connectivity index (χ3v) is 1.90. The standard InChI is InChI=1S/C8H18N2O3/c1-3-4-8(2,5-11)6-13-7(12)10-9/h11H,3-6,9H2,1-2H3,(H,10,12). The number of hydrogen-bond donors (Lipinski definition) is 3. The van der Waals surface area contributed by atoms with Crippen molar-refractivity contribution in [1.82, 2.24) is 5.43 Å². The van der Waals surface area contributed by atoms with Crippen molar-refractivity contribution < 1.29 is 14.6 Å². The first-order valence-corrected chi connectivity index (χ1v) is 4.32. The normalized spacial score (nSPS) is 14.8. The van der Waals surface area contributed by atoms with Crippen molar-refractivity contribution in [2.24, 2.45) is 11.3 Å². The molecule has 0 aliphatic carbocycles. The summed E-state index contributed by atoms with van der Waals surface area (Å²) in [6.07, 6.45) is 1.07. The fraction of sp³-hybridized carbons (Fsp3) is 0.875. The predicted octanol–water partition coefficient (Wildman–Crippen LogP) is 0.385. The van der Waals surface area contributed by atoms with E-state index in [4.69, 9.17) is 15.7 Å². The molecule has 0 saturated heterocycles. The summed E-state index contributed by atoms with van der Waals surface area (Å²) in [6, 6.07) is 0. The Labute approximate surface area is 78.2 Å². The van der Waals surface area contributed by atoms with E-state index >= 15 is 0 Å². The zero-order valence-corrected chi connectivity index (χ0v) is 8.17. The Morgan fingerprint density at radius 3 is 2.69 bits per heavy atom. The van der Waals surface area contributed by atoms with Crippen LogP contribution in [0.2, 0.25) is 0 Å². The third kappa shape index (κ3) is 4.69. The molecule has 4 N–H and O–H groups in total. The van der Waals surface area contributed by atoms with Gasteiger partial charge in [0.2, 0.25) is 0 Å². The molecule has 0 aromatic heterocycles. The van der Waals surface area contributed by atoms with E-state index in [9.17, 15) is 4.79 Å². The lowest BCUT2D eigenvalue weighted by Gasteiger charge is -2.25. The maximum Gasteiger partial charge on any atom is 0.421 e. The van der Waals surface area contributed by atoms with Crippen LogP contribution in [0.15, 0.2) is 0 Å². The molecule has 1 unspecified atom stereocenters. The van der Waals surface area contributed by atoms with Gasteiger partial charge in [-0.25, -0.2) is 10.6 Å². The molecular formula is C8H18N2O3. The topological polar surface area (TPSA) is 84.6 Å². The van der Waals surface area contributed by atoms with E-state index in [2.05, 4.69) is 0 Å². The highest BCUT2D eigenvalue weighted by Gasteiger charge is 2.24. The van der Waals surface area contributed by atoms with Gasteiger partial charge in [-0.3, -0.25) is 5.43 Å². The van der Waals surface area contributed by atoms with Crippen LogP contribution >= 0.6 is 0 Å². The van der Waals surface area contributed by atoms with Crippen LogP contribution in [0.4, 0.5) is 4.79 Å². The number of carbonyl (C=O) groups excluding carboxylic acids is 1. The Bertz CT molecular complexity index is 163. The van der Waals surface area contributed by atoms with Crippen LogP contribution in [0.25, 0.3) is 0 Å². The number of hydrazine groups is 1. The minimum absolute atomic E-state index is 0.00130. The largest absolute Gasteiger partial charge is 0.448 e. The van der Waals surface area contributed by atoms with Crippen LogP contribution in [-0.4, -0.2) is 24.4 Å². The minimum Gasteiger partial charge on any atom is -0.448 e. The Kier molecular flexibility index (Phi) is 5.41. The molecule has 0 aliphatic heterocycles. The van der Waals surface area contributed by atoms with E-state index in [0.29, 0.717) is 0 Å². The number of ether oxygens (including phenoxy) is 1. The van der Waals surface area contributed by atoms with Crippen molar-refractivity contribution in [3.05, 3.63) is 0 Å². The van der Waals surface area contributed by atoms with Crippen molar-refractivity contribution in [2.75, 3.05) is 13.2 Å². The number of aliphatic hydroxyl groups excluding tert-OH is 1. The molecule has 0 aliphatic rings. The average Bonchev–Trinajstić information content (AvgIpc) is 2.15. The van der Waals surface area contributed by atoms with Crippen molar-refractivity contribution >= 4 is 6.09 Å². The lowest BCUT2D eigenvalue weighted by molar-refractivity contribution is 0.0435. The zero-order chi connectivity index (χ0) is 10.3. The molecule has 0 aromatic carbocycles. The molecule has 1 atom stereocenters. The number of aliphatic hydroxyl groups is 1. The fourth-order valence-electron chi connectivity index (χ4n) is 1.08. The highest BCUT2D eigenvalue weighted by Crippen LogP contribution is 2.22. The molecule has 0 fully saturated rings. The number of carbonyl (C=O) groups is 1. The summed E-state index contributed by atoms with van der Waals surface area (Å²) in [4.78, 5) is 10.6. The van der Waals surface area contributed by atoms with Gasteiger partial charge in [-0.2, -0.15) is 0 Å². The second-order valence-corrected chi connectivity index (χ2v) is 3.44. The first-order valence-electron chi connectivity index (χ1n) is 4.32. The van der Waals surface area contributed by atoms with E-state index in [1.165, 1.54) is 0 Å². The Morgan fingerprint density at radius 1 is 1.69 bits per heavy atom. The van der Waals surface area contributed by atoms with Crippen molar-refractivity contribution in [1.29, 1.82) is 0 Å². The summed E-state index contributed by atoms with van der Waals surface area (Å²) >= 11 is 0. The molecule has 0 heterocycles. The molecule has 1 amide bonds. The van der Waals surface area contributed by atoms with E-state index in [-0.39, 0.29) is 18.6 Å². The van der Waals surface area contributed by atoms with Gasteiger partial charge in [0.25, 0.3) is 0 Å². The minimum atomic E-state index is -0.671. The SMILES string of the molecule is CCCC(C)(CO)COC(=O)NN. The second kappa shape index (κ2) is 5.77. The van der Waals surface area contributed by atoms with Gasteiger partial charge < -0.3 is 9.84 Å². The Balaban J connectivity index is 3.89. The smallest absolute Gasteiger partial charge is 0.421 e. The van der Waals surface area contributed by atoms with E-state index in [1.54, 1.807) is 0 Å². The van der Waals surface area contributed by atoms with Crippen LogP contribution in [0.1, 0.15) is 26.7 Å². The summed E-state index contributed by atoms with van der Waals surface area (Å²) < 4.78 is 4.76. The highest BCUT2D eigenvalue weighted by molar-refractivity contribution is 5.66. The Morgan fingerprint density at radius 2 is 2.31 bits per heavy atom. The molecule has 0 rings (SSSR count). The van der Waals surface area contributed by atoms with Gasteiger partial charge in [-0.05, 0) is 6.42 Å². The quantitative estimate of drug-likeness (QED) is 0.332. The first kappa shape index (κ1) is 12.2. The van der Waals surface area contributed by atoms with Crippen LogP contribution in [0.3, 0.4) is 0 Å². The molecule has 5 heteroatoms. The van der Waals surface area contributed by atoms with Crippen molar-refractivity contribution in [3.63, 3.8) is 0 Å². The molecule has 78 valence electrons. The van der Waals surface area contributed by atoms with E-state index in [0.717, 1.165) is 12.8 Å². The monoisotopic (exact) mass is 190 g/mol. The van der Waals surface area contributed by atoms with Crippen LogP contribution < -0.4 is 11.3 Å². The van der Waals surface area contributed by atoms with Gasteiger partial charge in [0, 0.05) is 5.41 Å². The summed E-state index contributed by atoms with van der Waals surface area (Å²) in [5.41, 5.74) is 1.50. The van der Waals surface area contributed by atoms with Crippen LogP contribution in [0.5, 0.6) is 0 Å². The average molecular weight is 190 g/mol. The predicted molar refractivity (Wildman–Crippen MR) is 48.8 cm³/mol. The van der Waals surface area contributed by atoms with Gasteiger partial charge in [0.05, 0.1) is 6.61 Å². The molecule has 0 spiro atoms. The molecular weight excluding hydrogens is 172 g/mol. The maximum atomic E-state index is 10.6. The lowest BCUT2D eigenvalue weighted by atomic mass is 9.88. The fourth-order valence-corrected chi connectivity index (χ4v) is 1.08. The van der Waals surface area contributed by atoms with E-state index in [1.807, 2.05) is 19.3 Å². The number of nitrogens with two attached hydrogens (primary N) is 1. The molecule has 0 bridgehead atoms. The van der Waals surface area contributed by atoms with Crippen LogP contribution in [-0.2, 0) is 4.74 Å².